The van der Waals surface area contributed by atoms with E-state index in [-0.39, 0.29) is 5.75 Å². The van der Waals surface area contributed by atoms with Gasteiger partial charge in [0, 0.05) is 16.4 Å². The molecule has 0 radical (unpaired) electrons. The van der Waals surface area contributed by atoms with E-state index in [1.54, 1.807) is 4.57 Å². The summed E-state index contributed by atoms with van der Waals surface area (Å²) in [7, 11) is -3.00. The van der Waals surface area contributed by atoms with Crippen molar-refractivity contribution < 1.29 is 8.42 Å². The molecule has 2 aromatic rings. The number of nitrogen functional groups attached to an aromatic ring is 1. The summed E-state index contributed by atoms with van der Waals surface area (Å²) in [6.07, 6.45) is 1.21. The molecule has 7 heteroatoms. The quantitative estimate of drug-likeness (QED) is 0.831. The summed E-state index contributed by atoms with van der Waals surface area (Å²) >= 11 is 2.20. The summed E-state index contributed by atoms with van der Waals surface area (Å²) in [6, 6.07) is 5.77. The number of aromatic nitrogens is 2. The first kappa shape index (κ1) is 12.6. The maximum Gasteiger partial charge on any atom is 0.201 e. The van der Waals surface area contributed by atoms with Gasteiger partial charge in [0.25, 0.3) is 0 Å². The predicted octanol–water partition coefficient (Wildman–Crippen LogP) is 1.27. The standard InChI is InChI=1S/C10H12IN3O2S/c1-17(15,16)5-4-14-9-3-2-7(11)6-8(9)13-10(14)12/h2-3,6H,4-5H2,1H3,(H2,12,13). The van der Waals surface area contributed by atoms with Gasteiger partial charge in [0.1, 0.15) is 9.84 Å². The number of fused-ring (bicyclic) bond motifs is 1. The molecule has 1 heterocycles. The van der Waals surface area contributed by atoms with Crippen LogP contribution in [0.1, 0.15) is 0 Å². The second kappa shape index (κ2) is 4.45. The van der Waals surface area contributed by atoms with E-state index in [0.29, 0.717) is 12.5 Å². The number of anilines is 1. The van der Waals surface area contributed by atoms with Crippen molar-refractivity contribution in [1.82, 2.24) is 9.55 Å². The molecule has 1 aromatic carbocycles. The third-order valence-electron chi connectivity index (χ3n) is 2.43. The summed E-state index contributed by atoms with van der Waals surface area (Å²) in [5.74, 6) is 0.417. The first-order chi connectivity index (χ1) is 7.87. The molecule has 0 aliphatic rings. The van der Waals surface area contributed by atoms with Crippen LogP contribution in [0.3, 0.4) is 0 Å². The van der Waals surface area contributed by atoms with Gasteiger partial charge in [-0.15, -0.1) is 0 Å². The Bertz CT molecular complexity index is 663. The number of aryl methyl sites for hydroxylation is 1. The van der Waals surface area contributed by atoms with E-state index in [4.69, 9.17) is 5.73 Å². The van der Waals surface area contributed by atoms with Crippen molar-refractivity contribution in [3.8, 4) is 0 Å². The molecular weight excluding hydrogens is 353 g/mol. The van der Waals surface area contributed by atoms with E-state index < -0.39 is 9.84 Å². The van der Waals surface area contributed by atoms with Gasteiger partial charge in [0.05, 0.1) is 16.8 Å². The highest BCUT2D eigenvalue weighted by atomic mass is 127. The van der Waals surface area contributed by atoms with E-state index in [9.17, 15) is 8.42 Å². The lowest BCUT2D eigenvalue weighted by atomic mass is 10.3. The average Bonchev–Trinajstić information content (AvgIpc) is 2.48. The molecule has 0 unspecified atom stereocenters. The maximum atomic E-state index is 11.2. The van der Waals surface area contributed by atoms with E-state index in [0.717, 1.165) is 14.6 Å². The SMILES string of the molecule is CS(=O)(=O)CCn1c(N)nc2cc(I)ccc21. The lowest BCUT2D eigenvalue weighted by Crippen LogP contribution is -2.12. The van der Waals surface area contributed by atoms with Crippen LogP contribution in [0.25, 0.3) is 11.0 Å². The Kier molecular flexibility index (Phi) is 3.30. The zero-order valence-electron chi connectivity index (χ0n) is 9.22. The van der Waals surface area contributed by atoms with Crippen molar-refractivity contribution in [1.29, 1.82) is 0 Å². The summed E-state index contributed by atoms with van der Waals surface area (Å²) < 4.78 is 25.1. The summed E-state index contributed by atoms with van der Waals surface area (Å²) in [5, 5.41) is 0. The zero-order valence-corrected chi connectivity index (χ0v) is 12.2. The number of nitrogens with zero attached hydrogens (tertiary/aromatic N) is 2. The molecule has 0 amide bonds. The minimum absolute atomic E-state index is 0.0641. The summed E-state index contributed by atoms with van der Waals surface area (Å²) in [5.41, 5.74) is 7.45. The molecule has 0 spiro atoms. The molecule has 0 aliphatic carbocycles. The minimum Gasteiger partial charge on any atom is -0.369 e. The van der Waals surface area contributed by atoms with Gasteiger partial charge < -0.3 is 10.3 Å². The third kappa shape index (κ3) is 2.89. The normalized spacial score (nSPS) is 12.1. The second-order valence-electron chi connectivity index (χ2n) is 3.88. The molecule has 1 aromatic heterocycles. The van der Waals surface area contributed by atoms with Gasteiger partial charge in [-0.05, 0) is 40.8 Å². The van der Waals surface area contributed by atoms with Gasteiger partial charge in [-0.2, -0.15) is 0 Å². The zero-order chi connectivity index (χ0) is 12.6. The number of benzene rings is 1. The molecule has 0 fully saturated rings. The Morgan fingerprint density at radius 1 is 1.47 bits per heavy atom. The Labute approximate surface area is 113 Å². The lowest BCUT2D eigenvalue weighted by molar-refractivity contribution is 0.596. The van der Waals surface area contributed by atoms with Crippen LogP contribution in [0.15, 0.2) is 18.2 Å². The molecule has 0 atom stereocenters. The van der Waals surface area contributed by atoms with Crippen molar-refractivity contribution in [3.63, 3.8) is 0 Å². The van der Waals surface area contributed by atoms with Crippen molar-refractivity contribution in [2.45, 2.75) is 6.54 Å². The van der Waals surface area contributed by atoms with Gasteiger partial charge in [0.15, 0.2) is 0 Å². The number of hydrogen-bond donors (Lipinski definition) is 1. The molecule has 0 bridgehead atoms. The Balaban J connectivity index is 2.43. The van der Waals surface area contributed by atoms with Crippen LogP contribution < -0.4 is 5.73 Å². The second-order valence-corrected chi connectivity index (χ2v) is 7.39. The van der Waals surface area contributed by atoms with Crippen LogP contribution in [0, 0.1) is 3.57 Å². The van der Waals surface area contributed by atoms with Crippen LogP contribution in [-0.4, -0.2) is 30.0 Å². The van der Waals surface area contributed by atoms with Gasteiger partial charge in [-0.1, -0.05) is 0 Å². The smallest absolute Gasteiger partial charge is 0.201 e. The Hall–Kier alpha value is -0.830. The molecule has 5 nitrogen and oxygen atoms in total. The van der Waals surface area contributed by atoms with Crippen LogP contribution in [0.5, 0.6) is 0 Å². The highest BCUT2D eigenvalue weighted by Crippen LogP contribution is 2.20. The number of rotatable bonds is 3. The Morgan fingerprint density at radius 2 is 2.18 bits per heavy atom. The molecule has 2 rings (SSSR count). The topological polar surface area (TPSA) is 78.0 Å². The van der Waals surface area contributed by atoms with E-state index >= 15 is 0 Å². The molecule has 0 saturated heterocycles. The molecule has 2 N–H and O–H groups in total. The fraction of sp³-hybridized carbons (Fsp3) is 0.300. The van der Waals surface area contributed by atoms with Gasteiger partial charge in [0.2, 0.25) is 5.95 Å². The van der Waals surface area contributed by atoms with Crippen molar-refractivity contribution >= 4 is 49.4 Å². The van der Waals surface area contributed by atoms with E-state index in [1.807, 2.05) is 18.2 Å². The van der Waals surface area contributed by atoms with E-state index in [2.05, 4.69) is 27.6 Å². The van der Waals surface area contributed by atoms with Gasteiger partial charge >= 0.3 is 0 Å². The minimum atomic E-state index is -3.00. The Morgan fingerprint density at radius 3 is 2.82 bits per heavy atom. The number of imidazole rings is 1. The molecule has 17 heavy (non-hydrogen) atoms. The largest absolute Gasteiger partial charge is 0.369 e. The number of halogens is 1. The number of sulfone groups is 1. The van der Waals surface area contributed by atoms with E-state index in [1.165, 1.54) is 6.26 Å². The fourth-order valence-corrected chi connectivity index (χ4v) is 2.60. The van der Waals surface area contributed by atoms with Crippen molar-refractivity contribution in [2.75, 3.05) is 17.7 Å². The monoisotopic (exact) mass is 365 g/mol. The third-order valence-corrected chi connectivity index (χ3v) is 4.02. The fourth-order valence-electron chi connectivity index (χ4n) is 1.61. The predicted molar refractivity (Wildman–Crippen MR) is 76.6 cm³/mol. The highest BCUT2D eigenvalue weighted by Gasteiger charge is 2.10. The molecule has 0 saturated carbocycles. The van der Waals surface area contributed by atoms with Crippen LogP contribution in [0.2, 0.25) is 0 Å². The number of nitrogens with two attached hydrogens (primary N) is 1. The van der Waals surface area contributed by atoms with Crippen molar-refractivity contribution in [2.24, 2.45) is 0 Å². The molecule has 92 valence electrons. The van der Waals surface area contributed by atoms with Crippen LogP contribution >= 0.6 is 22.6 Å². The summed E-state index contributed by atoms with van der Waals surface area (Å²) in [6.45, 7) is 0.335. The van der Waals surface area contributed by atoms with Crippen LogP contribution in [-0.2, 0) is 16.4 Å². The van der Waals surface area contributed by atoms with Crippen LogP contribution in [0.4, 0.5) is 5.95 Å². The summed E-state index contributed by atoms with van der Waals surface area (Å²) in [4.78, 5) is 4.22. The van der Waals surface area contributed by atoms with Gasteiger partial charge in [-0.25, -0.2) is 13.4 Å². The number of hydrogen-bond acceptors (Lipinski definition) is 4. The lowest BCUT2D eigenvalue weighted by Gasteiger charge is -2.05. The first-order valence-electron chi connectivity index (χ1n) is 4.96. The first-order valence-corrected chi connectivity index (χ1v) is 8.10. The van der Waals surface area contributed by atoms with Gasteiger partial charge in [-0.3, -0.25) is 0 Å². The molecule has 0 aliphatic heterocycles. The highest BCUT2D eigenvalue weighted by molar-refractivity contribution is 14.1. The maximum absolute atomic E-state index is 11.2. The van der Waals surface area contributed by atoms with Crippen molar-refractivity contribution in [3.05, 3.63) is 21.8 Å². The average molecular weight is 365 g/mol. The molecular formula is C10H12IN3O2S.